The van der Waals surface area contributed by atoms with Crippen LogP contribution in [0.2, 0.25) is 0 Å². The van der Waals surface area contributed by atoms with Gasteiger partial charge in [-0.2, -0.15) is 0 Å². The topological polar surface area (TPSA) is 44.8 Å². The van der Waals surface area contributed by atoms with Crippen LogP contribution in [0.25, 0.3) is 0 Å². The first-order valence-corrected chi connectivity index (χ1v) is 10.0. The Morgan fingerprint density at radius 2 is 1.85 bits per heavy atom. The van der Waals surface area contributed by atoms with Gasteiger partial charge in [-0.05, 0) is 29.9 Å². The summed E-state index contributed by atoms with van der Waals surface area (Å²) in [4.78, 5) is 16.8. The summed E-state index contributed by atoms with van der Waals surface area (Å²) in [5, 5.41) is 3.02. The molecule has 1 aromatic rings. The van der Waals surface area contributed by atoms with Gasteiger partial charge in [0.05, 0.1) is 12.6 Å². The maximum atomic E-state index is 12.1. The van der Waals surface area contributed by atoms with Crippen molar-refractivity contribution in [1.29, 1.82) is 0 Å². The summed E-state index contributed by atoms with van der Waals surface area (Å²) >= 11 is 0. The summed E-state index contributed by atoms with van der Waals surface area (Å²) in [5.41, 5.74) is 2.77. The molecule has 2 aliphatic rings. The van der Waals surface area contributed by atoms with E-state index in [0.717, 1.165) is 52.2 Å². The minimum Gasteiger partial charge on any atom is -0.376 e. The van der Waals surface area contributed by atoms with Crippen LogP contribution in [0.1, 0.15) is 43.7 Å². The molecule has 26 heavy (non-hydrogen) atoms. The van der Waals surface area contributed by atoms with Crippen LogP contribution in [0.4, 0.5) is 0 Å². The fraction of sp³-hybridized carbons (Fsp3) is 0.667. The number of carbonyl (C=O) groups excluding carboxylic acids is 1. The molecule has 0 unspecified atom stereocenters. The lowest BCUT2D eigenvalue weighted by molar-refractivity contribution is -0.123. The van der Waals surface area contributed by atoms with Crippen molar-refractivity contribution >= 4 is 5.91 Å². The summed E-state index contributed by atoms with van der Waals surface area (Å²) < 4.78 is 5.55. The molecule has 5 heteroatoms. The number of benzene rings is 1. The van der Waals surface area contributed by atoms with Crippen LogP contribution in [0.3, 0.4) is 0 Å². The van der Waals surface area contributed by atoms with Gasteiger partial charge in [-0.1, -0.05) is 38.1 Å². The van der Waals surface area contributed by atoms with Gasteiger partial charge < -0.3 is 10.1 Å². The van der Waals surface area contributed by atoms with Gasteiger partial charge in [0.15, 0.2) is 0 Å². The second-order valence-electron chi connectivity index (χ2n) is 7.89. The van der Waals surface area contributed by atoms with E-state index in [2.05, 4.69) is 53.2 Å². The number of piperazine rings is 1. The molecule has 1 aromatic carbocycles. The van der Waals surface area contributed by atoms with Crippen LogP contribution < -0.4 is 5.32 Å². The predicted octanol–water partition coefficient (Wildman–Crippen LogP) is 2.22. The Labute approximate surface area is 157 Å². The van der Waals surface area contributed by atoms with Crippen LogP contribution in [-0.4, -0.2) is 67.7 Å². The summed E-state index contributed by atoms with van der Waals surface area (Å²) in [6, 6.07) is 8.99. The van der Waals surface area contributed by atoms with Crippen LogP contribution in [0.5, 0.6) is 0 Å². The zero-order valence-electron chi connectivity index (χ0n) is 16.2. The van der Waals surface area contributed by atoms with Crippen molar-refractivity contribution in [2.45, 2.75) is 45.3 Å². The first kappa shape index (κ1) is 19.3. The largest absolute Gasteiger partial charge is 0.376 e. The average molecular weight is 360 g/mol. The van der Waals surface area contributed by atoms with Gasteiger partial charge in [0.1, 0.15) is 0 Å². The van der Waals surface area contributed by atoms with E-state index in [9.17, 15) is 4.79 Å². The first-order valence-electron chi connectivity index (χ1n) is 10.0. The normalized spacial score (nSPS) is 22.0. The molecule has 2 heterocycles. The summed E-state index contributed by atoms with van der Waals surface area (Å²) in [6.45, 7) is 11.4. The lowest BCUT2D eigenvalue weighted by Gasteiger charge is -2.34. The van der Waals surface area contributed by atoms with Gasteiger partial charge in [0.25, 0.3) is 0 Å². The van der Waals surface area contributed by atoms with E-state index >= 15 is 0 Å². The highest BCUT2D eigenvalue weighted by Crippen LogP contribution is 2.16. The summed E-state index contributed by atoms with van der Waals surface area (Å²) in [5.74, 6) is 0.706. The molecule has 0 saturated carbocycles. The van der Waals surface area contributed by atoms with Gasteiger partial charge in [-0.15, -0.1) is 0 Å². The number of ether oxygens (including phenoxy) is 1. The molecule has 0 aromatic heterocycles. The maximum absolute atomic E-state index is 12.1. The highest BCUT2D eigenvalue weighted by atomic mass is 16.5. The number of hydrogen-bond donors (Lipinski definition) is 1. The van der Waals surface area contributed by atoms with Gasteiger partial charge in [0.2, 0.25) is 5.91 Å². The average Bonchev–Trinajstić information content (AvgIpc) is 3.16. The molecule has 2 fully saturated rings. The molecular weight excluding hydrogens is 326 g/mol. The Kier molecular flexibility index (Phi) is 7.06. The number of carbonyl (C=O) groups is 1. The third-order valence-corrected chi connectivity index (χ3v) is 5.44. The Morgan fingerprint density at radius 1 is 1.15 bits per heavy atom. The molecule has 0 radical (unpaired) electrons. The van der Waals surface area contributed by atoms with E-state index in [0.29, 0.717) is 19.0 Å². The number of amides is 1. The molecule has 0 spiro atoms. The lowest BCUT2D eigenvalue weighted by Crippen LogP contribution is -2.49. The Balaban J connectivity index is 1.35. The molecular formula is C21H33N3O2. The zero-order chi connectivity index (χ0) is 18.4. The van der Waals surface area contributed by atoms with Crippen molar-refractivity contribution in [3.05, 3.63) is 35.4 Å². The van der Waals surface area contributed by atoms with Gasteiger partial charge in [-0.25, -0.2) is 0 Å². The third-order valence-electron chi connectivity index (χ3n) is 5.44. The van der Waals surface area contributed by atoms with Crippen LogP contribution in [0.15, 0.2) is 24.3 Å². The van der Waals surface area contributed by atoms with E-state index in [1.807, 2.05) is 0 Å². The number of hydrogen-bond acceptors (Lipinski definition) is 4. The molecule has 0 aliphatic carbocycles. The summed E-state index contributed by atoms with van der Waals surface area (Å²) in [7, 11) is 0. The first-order chi connectivity index (χ1) is 12.6. The number of rotatable bonds is 7. The van der Waals surface area contributed by atoms with E-state index in [4.69, 9.17) is 4.74 Å². The fourth-order valence-electron chi connectivity index (χ4n) is 3.66. The van der Waals surface area contributed by atoms with Crippen LogP contribution in [-0.2, 0) is 16.1 Å². The van der Waals surface area contributed by atoms with Crippen LogP contribution in [0, 0.1) is 0 Å². The molecule has 1 amide bonds. The van der Waals surface area contributed by atoms with Gasteiger partial charge >= 0.3 is 0 Å². The number of nitrogens with zero attached hydrogens (tertiary/aromatic N) is 2. The Morgan fingerprint density at radius 3 is 2.46 bits per heavy atom. The molecule has 2 aliphatic heterocycles. The van der Waals surface area contributed by atoms with Crippen molar-refractivity contribution in [3.8, 4) is 0 Å². The maximum Gasteiger partial charge on any atom is 0.234 e. The van der Waals surface area contributed by atoms with E-state index in [1.54, 1.807) is 0 Å². The second kappa shape index (κ2) is 9.49. The van der Waals surface area contributed by atoms with Crippen molar-refractivity contribution in [3.63, 3.8) is 0 Å². The Hall–Kier alpha value is -1.43. The lowest BCUT2D eigenvalue weighted by atomic mass is 10.0. The highest BCUT2D eigenvalue weighted by molar-refractivity contribution is 5.78. The van der Waals surface area contributed by atoms with E-state index in [1.165, 1.54) is 11.1 Å². The smallest absolute Gasteiger partial charge is 0.234 e. The van der Waals surface area contributed by atoms with E-state index < -0.39 is 0 Å². The minimum absolute atomic E-state index is 0.123. The van der Waals surface area contributed by atoms with Crippen molar-refractivity contribution in [2.75, 3.05) is 45.9 Å². The third kappa shape index (κ3) is 5.79. The highest BCUT2D eigenvalue weighted by Gasteiger charge is 2.20. The minimum atomic E-state index is 0.123. The molecule has 0 bridgehead atoms. The monoisotopic (exact) mass is 359 g/mol. The van der Waals surface area contributed by atoms with Crippen molar-refractivity contribution < 1.29 is 9.53 Å². The van der Waals surface area contributed by atoms with Gasteiger partial charge in [0, 0.05) is 45.9 Å². The molecule has 2 saturated heterocycles. The predicted molar refractivity (Wildman–Crippen MR) is 104 cm³/mol. The zero-order valence-corrected chi connectivity index (χ0v) is 16.2. The Bertz CT molecular complexity index is 559. The quantitative estimate of drug-likeness (QED) is 0.811. The fourth-order valence-corrected chi connectivity index (χ4v) is 3.66. The van der Waals surface area contributed by atoms with E-state index in [-0.39, 0.29) is 12.0 Å². The van der Waals surface area contributed by atoms with Crippen molar-refractivity contribution in [2.24, 2.45) is 0 Å². The molecule has 1 atom stereocenters. The molecule has 3 rings (SSSR count). The van der Waals surface area contributed by atoms with Gasteiger partial charge in [-0.3, -0.25) is 14.6 Å². The SMILES string of the molecule is CC(C)c1ccc(CN2CCN(CC(=O)NC[C@H]3CCCO3)CC2)cc1. The molecule has 5 nitrogen and oxygen atoms in total. The molecule has 144 valence electrons. The molecule has 1 N–H and O–H groups in total. The van der Waals surface area contributed by atoms with Crippen molar-refractivity contribution in [1.82, 2.24) is 15.1 Å². The summed E-state index contributed by atoms with van der Waals surface area (Å²) in [6.07, 6.45) is 2.40. The standard InChI is InChI=1S/C21H33N3O2/c1-17(2)19-7-5-18(6-8-19)15-23-9-11-24(12-10-23)16-21(25)22-14-20-4-3-13-26-20/h5-8,17,20H,3-4,9-16H2,1-2H3,(H,22,25)/t20-/m1/s1. The number of nitrogens with one attached hydrogen (secondary N) is 1. The second-order valence-corrected chi connectivity index (χ2v) is 7.89. The van der Waals surface area contributed by atoms with Crippen LogP contribution >= 0.6 is 0 Å².